The SMILES string of the molecule is COC1C(OC(=O)CC2CCC(NC(=O)CCN[C@@H](CC(C)C)C(=O)NCC(=O)NCC=O)CC2)CC[C@]2(CO2)C1C1(C)O[C@@H]1CC=C(C)C. The fourth-order valence-corrected chi connectivity index (χ4v) is 7.96. The van der Waals surface area contributed by atoms with E-state index in [1.807, 2.05) is 13.8 Å². The van der Waals surface area contributed by atoms with Crippen LogP contribution in [0.2, 0.25) is 0 Å². The lowest BCUT2D eigenvalue weighted by Crippen LogP contribution is -2.55. The molecule has 2 aliphatic heterocycles. The normalized spacial score (nSPS) is 32.1. The molecule has 13 nitrogen and oxygen atoms in total. The molecule has 2 saturated carbocycles. The van der Waals surface area contributed by atoms with Gasteiger partial charge in [0.1, 0.15) is 29.7 Å². The lowest BCUT2D eigenvalue weighted by Gasteiger charge is -2.42. The Kier molecular flexibility index (Phi) is 14.4. The number of allylic oxidation sites excluding steroid dienone is 1. The summed E-state index contributed by atoms with van der Waals surface area (Å²) in [6, 6.07) is -0.507. The second kappa shape index (κ2) is 18.1. The van der Waals surface area contributed by atoms with Crippen molar-refractivity contribution in [3.8, 4) is 0 Å². The van der Waals surface area contributed by atoms with E-state index in [1.165, 1.54) is 5.57 Å². The quantitative estimate of drug-likeness (QED) is 0.0677. The number of rotatable bonds is 19. The summed E-state index contributed by atoms with van der Waals surface area (Å²) in [5.74, 6) is -0.655. The van der Waals surface area contributed by atoms with Crippen molar-refractivity contribution < 1.29 is 42.9 Å². The van der Waals surface area contributed by atoms with Crippen LogP contribution < -0.4 is 21.3 Å². The number of hydrogen-bond donors (Lipinski definition) is 4. The highest BCUT2D eigenvalue weighted by Gasteiger charge is 2.72. The molecule has 0 aromatic carbocycles. The average Bonchev–Trinajstić information content (AvgIpc) is 3.99. The van der Waals surface area contributed by atoms with Gasteiger partial charge in [-0.3, -0.25) is 19.2 Å². The zero-order valence-corrected chi connectivity index (χ0v) is 30.8. The van der Waals surface area contributed by atoms with Gasteiger partial charge in [0, 0.05) is 32.5 Å². The van der Waals surface area contributed by atoms with Crippen molar-refractivity contribution in [1.29, 1.82) is 0 Å². The molecule has 2 heterocycles. The third-order valence-corrected chi connectivity index (χ3v) is 10.8. The third kappa shape index (κ3) is 11.1. The highest BCUT2D eigenvalue weighted by molar-refractivity contribution is 5.88. The zero-order chi connectivity index (χ0) is 36.5. The molecule has 0 aromatic heterocycles. The Morgan fingerprint density at radius 3 is 2.36 bits per heavy atom. The number of amides is 3. The van der Waals surface area contributed by atoms with Gasteiger partial charge in [-0.25, -0.2) is 0 Å². The van der Waals surface area contributed by atoms with Crippen molar-refractivity contribution in [1.82, 2.24) is 21.3 Å². The molecule has 4 unspecified atom stereocenters. The average molecular weight is 705 g/mol. The number of methoxy groups -OCH3 is 1. The molecular formula is C37H60N4O9. The minimum atomic E-state index is -0.548. The van der Waals surface area contributed by atoms with Gasteiger partial charge in [0.15, 0.2) is 0 Å². The highest BCUT2D eigenvalue weighted by atomic mass is 16.6. The number of epoxide rings is 2. The largest absolute Gasteiger partial charge is 0.460 e. The van der Waals surface area contributed by atoms with E-state index in [-0.39, 0.29) is 90.6 Å². The number of carbonyl (C=O) groups excluding carboxylic acids is 5. The van der Waals surface area contributed by atoms with Gasteiger partial charge in [0.2, 0.25) is 17.7 Å². The molecule has 3 amide bonds. The molecule has 0 radical (unpaired) electrons. The second-order valence-electron chi connectivity index (χ2n) is 15.5. The molecule has 13 heteroatoms. The summed E-state index contributed by atoms with van der Waals surface area (Å²) in [6.07, 6.45) is 8.92. The van der Waals surface area contributed by atoms with Crippen LogP contribution in [0.15, 0.2) is 11.6 Å². The lowest BCUT2D eigenvalue weighted by atomic mass is 9.68. The van der Waals surface area contributed by atoms with Crippen molar-refractivity contribution in [3.05, 3.63) is 11.6 Å². The molecule has 1 spiro atoms. The predicted molar refractivity (Wildman–Crippen MR) is 186 cm³/mol. The van der Waals surface area contributed by atoms with Gasteiger partial charge in [-0.2, -0.15) is 0 Å². The molecule has 0 bridgehead atoms. The summed E-state index contributed by atoms with van der Waals surface area (Å²) in [5, 5.41) is 11.2. The third-order valence-electron chi connectivity index (χ3n) is 10.8. The maximum atomic E-state index is 13.2. The Bertz CT molecular complexity index is 1230. The Labute approximate surface area is 297 Å². The smallest absolute Gasteiger partial charge is 0.306 e. The minimum Gasteiger partial charge on any atom is -0.460 e. The van der Waals surface area contributed by atoms with E-state index in [0.717, 1.165) is 38.5 Å². The fraction of sp³-hybridized carbons (Fsp3) is 0.811. The lowest BCUT2D eigenvalue weighted by molar-refractivity contribution is -0.173. The molecule has 4 rings (SSSR count). The van der Waals surface area contributed by atoms with Crippen LogP contribution in [0.3, 0.4) is 0 Å². The molecule has 7 atom stereocenters. The van der Waals surface area contributed by atoms with Crippen molar-refractivity contribution in [3.63, 3.8) is 0 Å². The molecule has 4 fully saturated rings. The topological polar surface area (TPSA) is 177 Å². The van der Waals surface area contributed by atoms with Gasteiger partial charge in [0.05, 0.1) is 37.8 Å². The van der Waals surface area contributed by atoms with E-state index >= 15 is 0 Å². The first-order valence-electron chi connectivity index (χ1n) is 18.5. The van der Waals surface area contributed by atoms with Crippen LogP contribution in [0, 0.1) is 17.8 Å². The van der Waals surface area contributed by atoms with Gasteiger partial charge in [-0.05, 0) is 84.0 Å². The van der Waals surface area contributed by atoms with Crippen LogP contribution in [0.25, 0.3) is 0 Å². The highest BCUT2D eigenvalue weighted by Crippen LogP contribution is 2.59. The molecule has 50 heavy (non-hydrogen) atoms. The van der Waals surface area contributed by atoms with Crippen LogP contribution in [0.1, 0.15) is 98.8 Å². The van der Waals surface area contributed by atoms with E-state index in [2.05, 4.69) is 48.1 Å². The standard InChI is InChI=1S/C37H60N4O9/c1-23(2)7-12-29-36(5,50-29)34-33(47-6)28(13-15-37(34)22-48-37)49-32(45)20-25-8-10-26(11-9-25)41-30(43)14-16-38-27(19-24(3)4)35(46)40-21-31(44)39-17-18-42/h7,18,24-29,33-34,38H,8-17,19-22H2,1-6H3,(H,39,44)(H,40,46)(H,41,43)/t25?,26?,27-,28?,29+,33?,34?,36?,37-/m0/s1. The van der Waals surface area contributed by atoms with E-state index in [9.17, 15) is 24.0 Å². The van der Waals surface area contributed by atoms with Crippen LogP contribution >= 0.6 is 0 Å². The van der Waals surface area contributed by atoms with Crippen molar-refractivity contribution in [2.24, 2.45) is 17.8 Å². The van der Waals surface area contributed by atoms with Gasteiger partial charge in [0.25, 0.3) is 0 Å². The monoisotopic (exact) mass is 704 g/mol. The first-order chi connectivity index (χ1) is 23.8. The van der Waals surface area contributed by atoms with E-state index < -0.39 is 11.9 Å². The first-order valence-corrected chi connectivity index (χ1v) is 18.5. The Morgan fingerprint density at radius 1 is 1.02 bits per heavy atom. The van der Waals surface area contributed by atoms with E-state index in [1.54, 1.807) is 7.11 Å². The maximum absolute atomic E-state index is 13.2. The molecule has 4 N–H and O–H groups in total. The molecule has 0 aromatic rings. The number of nitrogens with one attached hydrogen (secondary N) is 4. The van der Waals surface area contributed by atoms with Gasteiger partial charge in [-0.1, -0.05) is 25.5 Å². The number of aldehydes is 1. The number of esters is 1. The zero-order valence-electron chi connectivity index (χ0n) is 30.8. The Balaban J connectivity index is 1.16. The van der Waals surface area contributed by atoms with Crippen molar-refractivity contribution in [2.45, 2.75) is 140 Å². The summed E-state index contributed by atoms with van der Waals surface area (Å²) in [5.41, 5.74) is 0.617. The summed E-state index contributed by atoms with van der Waals surface area (Å²) >= 11 is 0. The van der Waals surface area contributed by atoms with Crippen molar-refractivity contribution in [2.75, 3.05) is 33.4 Å². The van der Waals surface area contributed by atoms with Gasteiger partial charge >= 0.3 is 5.97 Å². The molecule has 4 aliphatic rings. The van der Waals surface area contributed by atoms with E-state index in [0.29, 0.717) is 38.7 Å². The number of hydrogen-bond acceptors (Lipinski definition) is 10. The van der Waals surface area contributed by atoms with Crippen molar-refractivity contribution >= 4 is 30.0 Å². The second-order valence-corrected chi connectivity index (χ2v) is 15.5. The molecule has 282 valence electrons. The Hall–Kier alpha value is -2.87. The summed E-state index contributed by atoms with van der Waals surface area (Å²) in [6.45, 7) is 11.0. The van der Waals surface area contributed by atoms with Crippen LogP contribution in [-0.4, -0.2) is 105 Å². The van der Waals surface area contributed by atoms with Gasteiger partial charge < -0.3 is 45.0 Å². The molecule has 2 aliphatic carbocycles. The fourth-order valence-electron chi connectivity index (χ4n) is 7.96. The predicted octanol–water partition coefficient (Wildman–Crippen LogP) is 2.50. The number of ether oxygens (including phenoxy) is 4. The minimum absolute atomic E-state index is 0.0113. The summed E-state index contributed by atoms with van der Waals surface area (Å²) in [7, 11) is 1.69. The van der Waals surface area contributed by atoms with Crippen LogP contribution in [0.4, 0.5) is 0 Å². The maximum Gasteiger partial charge on any atom is 0.306 e. The van der Waals surface area contributed by atoms with Crippen LogP contribution in [0.5, 0.6) is 0 Å². The molecule has 2 saturated heterocycles. The van der Waals surface area contributed by atoms with Crippen LogP contribution in [-0.2, 0) is 42.9 Å². The molecular weight excluding hydrogens is 644 g/mol. The summed E-state index contributed by atoms with van der Waals surface area (Å²) < 4.78 is 24.5. The first kappa shape index (κ1) is 39.9. The van der Waals surface area contributed by atoms with E-state index in [4.69, 9.17) is 18.9 Å². The Morgan fingerprint density at radius 2 is 1.74 bits per heavy atom. The summed E-state index contributed by atoms with van der Waals surface area (Å²) in [4.78, 5) is 60.8. The van der Waals surface area contributed by atoms with Gasteiger partial charge in [-0.15, -0.1) is 0 Å². The number of carbonyl (C=O) groups is 5.